The van der Waals surface area contributed by atoms with E-state index in [0.29, 0.717) is 10.6 Å². The number of nitrogens with two attached hydrogens (primary N) is 1. The summed E-state index contributed by atoms with van der Waals surface area (Å²) in [5.74, 6) is 5.26. The lowest BCUT2D eigenvalue weighted by Gasteiger charge is -2.09. The van der Waals surface area contributed by atoms with Gasteiger partial charge in [0, 0.05) is 5.56 Å². The van der Waals surface area contributed by atoms with E-state index >= 15 is 0 Å². The van der Waals surface area contributed by atoms with E-state index in [4.69, 9.17) is 39.6 Å². The van der Waals surface area contributed by atoms with Crippen molar-refractivity contribution < 1.29 is 0 Å². The van der Waals surface area contributed by atoms with E-state index in [1.807, 2.05) is 0 Å². The fourth-order valence-electron chi connectivity index (χ4n) is 1.12. The first-order valence-electron chi connectivity index (χ1n) is 4.11. The van der Waals surface area contributed by atoms with Crippen molar-refractivity contribution in [2.75, 3.05) is 0 Å². The van der Waals surface area contributed by atoms with Gasteiger partial charge in [0.05, 0.1) is 15.7 Å². The van der Waals surface area contributed by atoms with Gasteiger partial charge in [-0.3, -0.25) is 5.84 Å². The van der Waals surface area contributed by atoms with Gasteiger partial charge in [0.1, 0.15) is 12.1 Å². The molecule has 16 heavy (non-hydrogen) atoms. The Bertz CT molecular complexity index is 507. The molecule has 0 aliphatic heterocycles. The third-order valence-electron chi connectivity index (χ3n) is 1.84. The molecule has 0 radical (unpaired) electrons. The minimum absolute atomic E-state index is 0.150. The molecule has 4 nitrogen and oxygen atoms in total. The molecule has 0 fully saturated rings. The van der Waals surface area contributed by atoms with Gasteiger partial charge >= 0.3 is 0 Å². The van der Waals surface area contributed by atoms with E-state index < -0.39 is 0 Å². The zero-order valence-electron chi connectivity index (χ0n) is 7.96. The van der Waals surface area contributed by atoms with Crippen molar-refractivity contribution >= 4 is 28.9 Å². The zero-order chi connectivity index (χ0) is 12.1. The summed E-state index contributed by atoms with van der Waals surface area (Å²) in [5, 5.41) is 18.1. The number of nitrogens with one attached hydrogen (secondary N) is 1. The number of benzene rings is 1. The first kappa shape index (κ1) is 12.4. The van der Waals surface area contributed by atoms with E-state index in [0.717, 1.165) is 0 Å². The quantitative estimate of drug-likeness (QED) is 0.480. The standard InChI is InChI=1S/C10H6Cl2N4/c11-8-3-1-2-7(9(8)12)10(16-15)6(4-13)5-14/h1-3,16H,15H2. The number of halogens is 2. The monoisotopic (exact) mass is 252 g/mol. The van der Waals surface area contributed by atoms with Crippen LogP contribution >= 0.6 is 23.2 Å². The predicted molar refractivity (Wildman–Crippen MR) is 61.9 cm³/mol. The molecule has 0 saturated carbocycles. The fraction of sp³-hybridized carbons (Fsp3) is 0. The number of nitrogens with zero attached hydrogens (tertiary/aromatic N) is 2. The number of allylic oxidation sites excluding steroid dienone is 1. The average molecular weight is 253 g/mol. The number of rotatable bonds is 2. The number of hydrazine groups is 1. The molecule has 0 spiro atoms. The lowest BCUT2D eigenvalue weighted by molar-refractivity contribution is 0.987. The van der Waals surface area contributed by atoms with Gasteiger partial charge in [0.25, 0.3) is 0 Å². The summed E-state index contributed by atoms with van der Waals surface area (Å²) in [7, 11) is 0. The first-order chi connectivity index (χ1) is 7.65. The predicted octanol–water partition coefficient (Wildman–Crippen LogP) is 2.21. The highest BCUT2D eigenvalue weighted by Crippen LogP contribution is 2.30. The van der Waals surface area contributed by atoms with Crippen molar-refractivity contribution in [3.63, 3.8) is 0 Å². The minimum atomic E-state index is -0.160. The Morgan fingerprint density at radius 3 is 2.38 bits per heavy atom. The first-order valence-corrected chi connectivity index (χ1v) is 4.86. The van der Waals surface area contributed by atoms with Crippen LogP contribution in [0.4, 0.5) is 0 Å². The molecule has 0 amide bonds. The summed E-state index contributed by atoms with van der Waals surface area (Å²) in [5.41, 5.74) is 2.68. The van der Waals surface area contributed by atoms with Crippen molar-refractivity contribution in [2.24, 2.45) is 5.84 Å². The molecule has 0 aromatic heterocycles. The van der Waals surface area contributed by atoms with Gasteiger partial charge in [0.2, 0.25) is 0 Å². The van der Waals surface area contributed by atoms with Crippen molar-refractivity contribution in [1.82, 2.24) is 5.43 Å². The number of hydrogen-bond donors (Lipinski definition) is 2. The summed E-state index contributed by atoms with van der Waals surface area (Å²) >= 11 is 11.8. The summed E-state index contributed by atoms with van der Waals surface area (Å²) < 4.78 is 0. The van der Waals surface area contributed by atoms with Crippen molar-refractivity contribution in [3.8, 4) is 12.1 Å². The van der Waals surface area contributed by atoms with E-state index in [-0.39, 0.29) is 16.3 Å². The zero-order valence-corrected chi connectivity index (χ0v) is 9.47. The normalized spacial score (nSPS) is 8.81. The van der Waals surface area contributed by atoms with Crippen LogP contribution in [0.25, 0.3) is 5.70 Å². The molecular weight excluding hydrogens is 247 g/mol. The third-order valence-corrected chi connectivity index (χ3v) is 2.66. The van der Waals surface area contributed by atoms with Gasteiger partial charge in [-0.05, 0) is 6.07 Å². The smallest absolute Gasteiger partial charge is 0.154 e. The second kappa shape index (κ2) is 5.39. The van der Waals surface area contributed by atoms with Crippen LogP contribution in [-0.4, -0.2) is 0 Å². The van der Waals surface area contributed by atoms with Crippen LogP contribution in [0.2, 0.25) is 10.0 Å². The van der Waals surface area contributed by atoms with E-state index in [1.165, 1.54) is 0 Å². The summed E-state index contributed by atoms with van der Waals surface area (Å²) in [6, 6.07) is 8.30. The van der Waals surface area contributed by atoms with Gasteiger partial charge in [-0.25, -0.2) is 0 Å². The Balaban J connectivity index is 3.49. The molecule has 0 unspecified atom stereocenters. The Kier molecular flexibility index (Phi) is 4.16. The molecule has 1 rings (SSSR count). The Labute approximate surface area is 102 Å². The second-order valence-electron chi connectivity index (χ2n) is 2.72. The molecule has 1 aromatic rings. The summed E-state index contributed by atoms with van der Waals surface area (Å²) in [6.45, 7) is 0. The van der Waals surface area contributed by atoms with E-state index in [1.54, 1.807) is 30.3 Å². The van der Waals surface area contributed by atoms with E-state index in [2.05, 4.69) is 5.43 Å². The van der Waals surface area contributed by atoms with Crippen LogP contribution in [0, 0.1) is 22.7 Å². The molecule has 1 aromatic carbocycles. The van der Waals surface area contributed by atoms with Gasteiger partial charge < -0.3 is 5.43 Å². The Morgan fingerprint density at radius 2 is 1.88 bits per heavy atom. The topological polar surface area (TPSA) is 85.6 Å². The lowest BCUT2D eigenvalue weighted by atomic mass is 10.1. The van der Waals surface area contributed by atoms with Crippen molar-refractivity contribution in [2.45, 2.75) is 0 Å². The molecule has 3 N–H and O–H groups in total. The largest absolute Gasteiger partial charge is 0.322 e. The Morgan fingerprint density at radius 1 is 1.25 bits per heavy atom. The van der Waals surface area contributed by atoms with Crippen LogP contribution in [0.1, 0.15) is 5.56 Å². The van der Waals surface area contributed by atoms with Crippen molar-refractivity contribution in [3.05, 3.63) is 39.4 Å². The van der Waals surface area contributed by atoms with Gasteiger partial charge in [-0.1, -0.05) is 35.3 Å². The molecule has 0 heterocycles. The third kappa shape index (κ3) is 2.26. The van der Waals surface area contributed by atoms with Gasteiger partial charge in [-0.2, -0.15) is 10.5 Å². The fourth-order valence-corrected chi connectivity index (χ4v) is 1.51. The van der Waals surface area contributed by atoms with Crippen LogP contribution in [-0.2, 0) is 0 Å². The summed E-state index contributed by atoms with van der Waals surface area (Å²) in [6.07, 6.45) is 0. The summed E-state index contributed by atoms with van der Waals surface area (Å²) in [4.78, 5) is 0. The van der Waals surface area contributed by atoms with Crippen LogP contribution in [0.3, 0.4) is 0 Å². The van der Waals surface area contributed by atoms with Crippen molar-refractivity contribution in [1.29, 1.82) is 10.5 Å². The molecule has 6 heteroatoms. The molecule has 0 bridgehead atoms. The maximum atomic E-state index is 8.75. The SMILES string of the molecule is N#CC(C#N)=C(NN)c1cccc(Cl)c1Cl. The van der Waals surface area contributed by atoms with Gasteiger partial charge in [-0.15, -0.1) is 0 Å². The Hall–Kier alpha value is -1.72. The highest BCUT2D eigenvalue weighted by atomic mass is 35.5. The van der Waals surface area contributed by atoms with E-state index in [9.17, 15) is 0 Å². The van der Waals surface area contributed by atoms with Crippen LogP contribution < -0.4 is 11.3 Å². The number of hydrogen-bond acceptors (Lipinski definition) is 4. The molecule has 0 atom stereocenters. The maximum absolute atomic E-state index is 8.75. The highest BCUT2D eigenvalue weighted by Gasteiger charge is 2.13. The molecule has 80 valence electrons. The van der Waals surface area contributed by atoms with Gasteiger partial charge in [0.15, 0.2) is 5.57 Å². The molecular formula is C10H6Cl2N4. The average Bonchev–Trinajstić information content (AvgIpc) is 2.30. The number of nitriles is 2. The second-order valence-corrected chi connectivity index (χ2v) is 3.50. The molecule has 0 aliphatic rings. The highest BCUT2D eigenvalue weighted by molar-refractivity contribution is 6.43. The molecule has 0 saturated heterocycles. The molecule has 0 aliphatic carbocycles. The lowest BCUT2D eigenvalue weighted by Crippen LogP contribution is -2.21. The maximum Gasteiger partial charge on any atom is 0.154 e. The van der Waals surface area contributed by atoms with Crippen LogP contribution in [0.15, 0.2) is 23.8 Å². The van der Waals surface area contributed by atoms with Crippen LogP contribution in [0.5, 0.6) is 0 Å². The minimum Gasteiger partial charge on any atom is -0.322 e.